The second-order valence-corrected chi connectivity index (χ2v) is 5.83. The summed E-state index contributed by atoms with van der Waals surface area (Å²) >= 11 is 1.62. The number of nitrogens with zero attached hydrogens (tertiary/aromatic N) is 1. The van der Waals surface area contributed by atoms with E-state index >= 15 is 0 Å². The molecule has 80 valence electrons. The normalized spacial score (nSPS) is 14.6. The molecule has 0 aliphatic rings. The van der Waals surface area contributed by atoms with Gasteiger partial charge >= 0.3 is 0 Å². The molecule has 1 unspecified atom stereocenters. The van der Waals surface area contributed by atoms with E-state index in [1.165, 1.54) is 11.4 Å². The Morgan fingerprint density at radius 1 is 1.64 bits per heavy atom. The minimum atomic E-state index is -3.57. The van der Waals surface area contributed by atoms with Crippen LogP contribution in [-0.2, 0) is 16.6 Å². The summed E-state index contributed by atoms with van der Waals surface area (Å²) in [5.41, 5.74) is 0. The predicted octanol–water partition coefficient (Wildman–Crippen LogP) is 0.814. The molecule has 0 saturated heterocycles. The van der Waals surface area contributed by atoms with Gasteiger partial charge < -0.3 is 0 Å². The van der Waals surface area contributed by atoms with Gasteiger partial charge in [0.05, 0.1) is 0 Å². The summed E-state index contributed by atoms with van der Waals surface area (Å²) in [6.45, 7) is 1.84. The van der Waals surface area contributed by atoms with E-state index in [1.807, 2.05) is 24.4 Å². The van der Waals surface area contributed by atoms with Crippen molar-refractivity contribution in [3.05, 3.63) is 22.4 Å². The van der Waals surface area contributed by atoms with Crippen LogP contribution in [0.1, 0.15) is 11.8 Å². The highest BCUT2D eigenvalue weighted by molar-refractivity contribution is 7.86. The van der Waals surface area contributed by atoms with Gasteiger partial charge in [-0.15, -0.1) is 11.3 Å². The Balaban J connectivity index is 2.63. The molecule has 1 aromatic rings. The molecule has 0 aliphatic carbocycles. The van der Waals surface area contributed by atoms with Crippen LogP contribution in [0.4, 0.5) is 0 Å². The van der Waals surface area contributed by atoms with E-state index in [2.05, 4.69) is 0 Å². The monoisotopic (exact) mass is 234 g/mol. The van der Waals surface area contributed by atoms with Crippen LogP contribution in [0.15, 0.2) is 17.5 Å². The van der Waals surface area contributed by atoms with Crippen molar-refractivity contribution in [2.24, 2.45) is 5.14 Å². The lowest BCUT2D eigenvalue weighted by molar-refractivity contribution is 0.389. The van der Waals surface area contributed by atoms with Crippen molar-refractivity contribution in [3.8, 4) is 0 Å². The van der Waals surface area contributed by atoms with Crippen LogP contribution in [0.5, 0.6) is 0 Å². The van der Waals surface area contributed by atoms with E-state index in [-0.39, 0.29) is 6.04 Å². The van der Waals surface area contributed by atoms with Crippen molar-refractivity contribution in [3.63, 3.8) is 0 Å². The van der Waals surface area contributed by atoms with Crippen molar-refractivity contribution in [1.29, 1.82) is 0 Å². The van der Waals surface area contributed by atoms with Crippen molar-refractivity contribution < 1.29 is 8.42 Å². The first-order valence-electron chi connectivity index (χ1n) is 4.19. The van der Waals surface area contributed by atoms with Gasteiger partial charge in [0.15, 0.2) is 0 Å². The van der Waals surface area contributed by atoms with Crippen molar-refractivity contribution >= 4 is 21.5 Å². The molecule has 0 amide bonds. The van der Waals surface area contributed by atoms with Crippen LogP contribution in [0.3, 0.4) is 0 Å². The first kappa shape index (κ1) is 11.6. The number of hydrogen-bond donors (Lipinski definition) is 1. The number of hydrogen-bond acceptors (Lipinski definition) is 3. The smallest absolute Gasteiger partial charge is 0.216 e. The van der Waals surface area contributed by atoms with Gasteiger partial charge in [0.1, 0.15) is 0 Å². The van der Waals surface area contributed by atoms with Crippen LogP contribution < -0.4 is 5.14 Å². The van der Waals surface area contributed by atoms with Gasteiger partial charge in [0.25, 0.3) is 10.2 Å². The molecule has 2 N–H and O–H groups in total. The average molecular weight is 234 g/mol. The summed E-state index contributed by atoms with van der Waals surface area (Å²) in [7, 11) is -2.07. The van der Waals surface area contributed by atoms with Gasteiger partial charge in [0, 0.05) is 18.0 Å². The fourth-order valence-corrected chi connectivity index (χ4v) is 2.50. The van der Waals surface area contributed by atoms with Gasteiger partial charge in [-0.3, -0.25) is 0 Å². The van der Waals surface area contributed by atoms with E-state index in [9.17, 15) is 8.42 Å². The molecule has 4 nitrogen and oxygen atoms in total. The number of thiophene rings is 1. The van der Waals surface area contributed by atoms with Crippen LogP contribution in [0.2, 0.25) is 0 Å². The fourth-order valence-electron chi connectivity index (χ4n) is 1.10. The Labute approximate surface area is 88.5 Å². The topological polar surface area (TPSA) is 63.4 Å². The third-order valence-electron chi connectivity index (χ3n) is 2.10. The SMILES string of the molecule is CC(Cc1cccs1)N(C)S(N)(=O)=O. The quantitative estimate of drug-likeness (QED) is 0.838. The first-order chi connectivity index (χ1) is 6.41. The lowest BCUT2D eigenvalue weighted by Gasteiger charge is -2.21. The summed E-state index contributed by atoms with van der Waals surface area (Å²) in [6.07, 6.45) is 0.699. The molecule has 14 heavy (non-hydrogen) atoms. The van der Waals surface area contributed by atoms with Gasteiger partial charge in [0.2, 0.25) is 0 Å². The van der Waals surface area contributed by atoms with Gasteiger partial charge in [-0.1, -0.05) is 6.07 Å². The Morgan fingerprint density at radius 3 is 2.71 bits per heavy atom. The summed E-state index contributed by atoms with van der Waals surface area (Å²) in [6, 6.07) is 3.82. The fraction of sp³-hybridized carbons (Fsp3) is 0.500. The minimum Gasteiger partial charge on any atom is -0.216 e. The molecule has 6 heteroatoms. The standard InChI is InChI=1S/C8H14N2O2S2/c1-7(10(2)14(9,11)12)6-8-4-3-5-13-8/h3-5,7H,6H2,1-2H3,(H2,9,11,12). The highest BCUT2D eigenvalue weighted by Gasteiger charge is 2.19. The van der Waals surface area contributed by atoms with E-state index in [4.69, 9.17) is 5.14 Å². The van der Waals surface area contributed by atoms with Crippen LogP contribution >= 0.6 is 11.3 Å². The first-order valence-corrected chi connectivity index (χ1v) is 6.57. The van der Waals surface area contributed by atoms with Gasteiger partial charge in [-0.25, -0.2) is 5.14 Å². The lowest BCUT2D eigenvalue weighted by Crippen LogP contribution is -2.40. The van der Waals surface area contributed by atoms with Crippen LogP contribution in [0.25, 0.3) is 0 Å². The molecule has 1 heterocycles. The van der Waals surface area contributed by atoms with Crippen molar-refractivity contribution in [2.75, 3.05) is 7.05 Å². The number of rotatable bonds is 4. The maximum Gasteiger partial charge on any atom is 0.276 e. The molecule has 0 aromatic carbocycles. The molecule has 1 aromatic heterocycles. The van der Waals surface area contributed by atoms with Gasteiger partial charge in [-0.2, -0.15) is 12.7 Å². The van der Waals surface area contributed by atoms with Crippen molar-refractivity contribution in [1.82, 2.24) is 4.31 Å². The van der Waals surface area contributed by atoms with Gasteiger partial charge in [-0.05, 0) is 24.8 Å². The maximum atomic E-state index is 11.0. The summed E-state index contributed by atoms with van der Waals surface area (Å²) in [5, 5.41) is 6.98. The summed E-state index contributed by atoms with van der Waals surface area (Å²) in [4.78, 5) is 1.16. The Kier molecular flexibility index (Phi) is 3.65. The molecule has 0 fully saturated rings. The zero-order valence-electron chi connectivity index (χ0n) is 8.17. The molecular weight excluding hydrogens is 220 g/mol. The van der Waals surface area contributed by atoms with Crippen molar-refractivity contribution in [2.45, 2.75) is 19.4 Å². The molecular formula is C8H14N2O2S2. The summed E-state index contributed by atoms with van der Waals surface area (Å²) < 4.78 is 23.2. The third-order valence-corrected chi connectivity index (χ3v) is 4.16. The van der Waals surface area contributed by atoms with Crippen LogP contribution in [0, 0.1) is 0 Å². The second-order valence-electron chi connectivity index (χ2n) is 3.19. The zero-order chi connectivity index (χ0) is 10.8. The Morgan fingerprint density at radius 2 is 2.29 bits per heavy atom. The highest BCUT2D eigenvalue weighted by atomic mass is 32.2. The van der Waals surface area contributed by atoms with E-state index in [1.54, 1.807) is 11.3 Å². The van der Waals surface area contributed by atoms with E-state index in [0.717, 1.165) is 4.88 Å². The Bertz CT molecular complexity index is 372. The third kappa shape index (κ3) is 3.06. The van der Waals surface area contributed by atoms with Crippen LogP contribution in [-0.4, -0.2) is 25.8 Å². The zero-order valence-corrected chi connectivity index (χ0v) is 9.81. The maximum absolute atomic E-state index is 11.0. The lowest BCUT2D eigenvalue weighted by atomic mass is 10.2. The molecule has 0 bridgehead atoms. The minimum absolute atomic E-state index is 0.108. The molecule has 0 saturated carbocycles. The molecule has 0 spiro atoms. The molecule has 0 aliphatic heterocycles. The Hall–Kier alpha value is -0.430. The van der Waals surface area contributed by atoms with E-state index < -0.39 is 10.2 Å². The number of likely N-dealkylation sites (N-methyl/N-ethyl adjacent to an activating group) is 1. The average Bonchev–Trinajstić information content (AvgIpc) is 2.53. The molecule has 1 atom stereocenters. The van der Waals surface area contributed by atoms with E-state index in [0.29, 0.717) is 6.42 Å². The second kappa shape index (κ2) is 4.39. The predicted molar refractivity (Wildman–Crippen MR) is 58.4 cm³/mol. The summed E-state index contributed by atoms with van der Waals surface area (Å²) in [5.74, 6) is 0. The highest BCUT2D eigenvalue weighted by Crippen LogP contribution is 2.14. The largest absolute Gasteiger partial charge is 0.276 e. The molecule has 0 radical (unpaired) electrons. The molecule has 1 rings (SSSR count). The number of nitrogens with two attached hydrogens (primary N) is 1.